The van der Waals surface area contributed by atoms with Crippen molar-refractivity contribution in [3.05, 3.63) is 29.3 Å². The first kappa shape index (κ1) is 21.6. The Balaban J connectivity index is 2.06. The van der Waals surface area contributed by atoms with Gasteiger partial charge in [-0.1, -0.05) is 12.1 Å². The number of hydrogen-bond donors (Lipinski definition) is 1. The molecule has 1 heterocycles. The maximum absolute atomic E-state index is 12.7. The highest BCUT2D eigenvalue weighted by molar-refractivity contribution is 6.40. The number of carbonyl (C=O) groups excluding carboxylic acids is 3. The maximum atomic E-state index is 12.7. The van der Waals surface area contributed by atoms with Crippen molar-refractivity contribution in [1.82, 2.24) is 10.2 Å². The Kier molecular flexibility index (Phi) is 7.69. The van der Waals surface area contributed by atoms with Gasteiger partial charge in [-0.05, 0) is 37.5 Å². The molecule has 152 valence electrons. The number of methoxy groups -OCH3 is 1. The standard InChI is InChI=1S/C20H28N4O4/c1-14-6-7-15(2)17(12-14)24-19(26)9-8-16(22-24)20(27)23(3)13-18(25)21-10-5-11-28-4/h6-7,12H,5,8-11,13H2,1-4H3,(H,21,25). The second-order valence-corrected chi connectivity index (χ2v) is 6.90. The molecule has 2 rings (SSSR count). The van der Waals surface area contributed by atoms with Crippen LogP contribution >= 0.6 is 0 Å². The Labute approximate surface area is 165 Å². The van der Waals surface area contributed by atoms with Crippen molar-refractivity contribution < 1.29 is 19.1 Å². The number of aryl methyl sites for hydroxylation is 2. The van der Waals surface area contributed by atoms with Gasteiger partial charge in [0.25, 0.3) is 5.91 Å². The lowest BCUT2D eigenvalue weighted by Gasteiger charge is -2.26. The Morgan fingerprint density at radius 3 is 2.75 bits per heavy atom. The number of hydrazone groups is 1. The molecule has 0 spiro atoms. The molecule has 0 unspecified atom stereocenters. The second-order valence-electron chi connectivity index (χ2n) is 6.90. The molecular formula is C20H28N4O4. The van der Waals surface area contributed by atoms with Crippen molar-refractivity contribution in [2.24, 2.45) is 5.10 Å². The van der Waals surface area contributed by atoms with Gasteiger partial charge in [-0.15, -0.1) is 0 Å². The highest BCUT2D eigenvalue weighted by Crippen LogP contribution is 2.25. The maximum Gasteiger partial charge on any atom is 0.270 e. The molecule has 28 heavy (non-hydrogen) atoms. The number of rotatable bonds is 8. The molecule has 1 aliphatic rings. The van der Waals surface area contributed by atoms with Crippen LogP contribution in [-0.2, 0) is 19.1 Å². The summed E-state index contributed by atoms with van der Waals surface area (Å²) in [6.45, 7) is 4.82. The van der Waals surface area contributed by atoms with Crippen LogP contribution in [0.1, 0.15) is 30.4 Å². The number of nitrogens with one attached hydrogen (secondary N) is 1. The van der Waals surface area contributed by atoms with Crippen molar-refractivity contribution >= 4 is 29.1 Å². The van der Waals surface area contributed by atoms with Crippen molar-refractivity contribution in [3.8, 4) is 0 Å². The Bertz CT molecular complexity index is 775. The van der Waals surface area contributed by atoms with E-state index in [0.29, 0.717) is 25.3 Å². The van der Waals surface area contributed by atoms with Crippen LogP contribution < -0.4 is 10.3 Å². The van der Waals surface area contributed by atoms with Crippen LogP contribution in [0.15, 0.2) is 23.3 Å². The number of nitrogens with zero attached hydrogens (tertiary/aromatic N) is 3. The normalized spacial score (nSPS) is 13.9. The monoisotopic (exact) mass is 388 g/mol. The molecule has 3 amide bonds. The van der Waals surface area contributed by atoms with E-state index in [-0.39, 0.29) is 42.8 Å². The van der Waals surface area contributed by atoms with Crippen LogP contribution in [0.5, 0.6) is 0 Å². The van der Waals surface area contributed by atoms with Gasteiger partial charge in [0, 0.05) is 40.2 Å². The third-order valence-electron chi connectivity index (χ3n) is 4.45. The molecule has 0 fully saturated rings. The lowest BCUT2D eigenvalue weighted by molar-refractivity contribution is -0.130. The van der Waals surface area contributed by atoms with Gasteiger partial charge < -0.3 is 15.0 Å². The molecule has 1 aromatic carbocycles. The van der Waals surface area contributed by atoms with Crippen LogP contribution in [0.3, 0.4) is 0 Å². The second kappa shape index (κ2) is 9.98. The van der Waals surface area contributed by atoms with E-state index in [1.54, 1.807) is 14.2 Å². The predicted molar refractivity (Wildman–Crippen MR) is 107 cm³/mol. The van der Waals surface area contributed by atoms with Crippen molar-refractivity contribution in [1.29, 1.82) is 0 Å². The molecule has 0 aliphatic carbocycles. The summed E-state index contributed by atoms with van der Waals surface area (Å²) in [5.74, 6) is -0.746. The van der Waals surface area contributed by atoms with E-state index in [1.807, 2.05) is 32.0 Å². The van der Waals surface area contributed by atoms with Crippen LogP contribution in [0.25, 0.3) is 0 Å². The molecule has 0 radical (unpaired) electrons. The van der Waals surface area contributed by atoms with Crippen LogP contribution in [0.4, 0.5) is 5.69 Å². The highest BCUT2D eigenvalue weighted by Gasteiger charge is 2.28. The third-order valence-corrected chi connectivity index (χ3v) is 4.45. The van der Waals surface area contributed by atoms with E-state index in [4.69, 9.17) is 4.74 Å². The number of anilines is 1. The summed E-state index contributed by atoms with van der Waals surface area (Å²) in [5.41, 5.74) is 2.85. The zero-order valence-electron chi connectivity index (χ0n) is 16.9. The van der Waals surface area contributed by atoms with Gasteiger partial charge in [-0.3, -0.25) is 14.4 Å². The fraction of sp³-hybridized carbons (Fsp3) is 0.500. The zero-order chi connectivity index (χ0) is 20.7. The van der Waals surface area contributed by atoms with Gasteiger partial charge in [0.15, 0.2) is 0 Å². The molecule has 8 heteroatoms. The van der Waals surface area contributed by atoms with Gasteiger partial charge in [-0.2, -0.15) is 5.10 Å². The Morgan fingerprint density at radius 2 is 2.04 bits per heavy atom. The number of amides is 3. The van der Waals surface area contributed by atoms with Gasteiger partial charge in [0.2, 0.25) is 11.8 Å². The summed E-state index contributed by atoms with van der Waals surface area (Å²) in [7, 11) is 3.16. The first-order valence-electron chi connectivity index (χ1n) is 9.32. The first-order chi connectivity index (χ1) is 13.3. The van der Waals surface area contributed by atoms with E-state index < -0.39 is 0 Å². The van der Waals surface area contributed by atoms with E-state index in [9.17, 15) is 14.4 Å². The number of hydrogen-bond acceptors (Lipinski definition) is 5. The van der Waals surface area contributed by atoms with Gasteiger partial charge in [0.05, 0.1) is 12.2 Å². The summed E-state index contributed by atoms with van der Waals surface area (Å²) in [4.78, 5) is 38.4. The summed E-state index contributed by atoms with van der Waals surface area (Å²) < 4.78 is 4.93. The fourth-order valence-corrected chi connectivity index (χ4v) is 2.85. The lowest BCUT2D eigenvalue weighted by atomic mass is 10.1. The molecular weight excluding hydrogens is 360 g/mol. The molecule has 0 aromatic heterocycles. The quantitative estimate of drug-likeness (QED) is 0.682. The van der Waals surface area contributed by atoms with Crippen LogP contribution in [-0.4, -0.2) is 62.2 Å². The van der Waals surface area contributed by atoms with Crippen LogP contribution in [0.2, 0.25) is 0 Å². The summed E-state index contributed by atoms with van der Waals surface area (Å²) in [5, 5.41) is 8.36. The van der Waals surface area contributed by atoms with Gasteiger partial charge >= 0.3 is 0 Å². The predicted octanol–water partition coefficient (Wildman–Crippen LogP) is 1.40. The summed E-state index contributed by atoms with van der Waals surface area (Å²) in [6, 6.07) is 5.76. The zero-order valence-corrected chi connectivity index (χ0v) is 16.9. The molecule has 0 atom stereocenters. The average Bonchev–Trinajstić information content (AvgIpc) is 2.67. The Morgan fingerprint density at radius 1 is 1.29 bits per heavy atom. The number of carbonyl (C=O) groups is 3. The van der Waals surface area contributed by atoms with Crippen LogP contribution in [0, 0.1) is 13.8 Å². The minimum Gasteiger partial charge on any atom is -0.385 e. The molecule has 8 nitrogen and oxygen atoms in total. The number of likely N-dealkylation sites (N-methyl/N-ethyl adjacent to an activating group) is 1. The first-order valence-corrected chi connectivity index (χ1v) is 9.32. The summed E-state index contributed by atoms with van der Waals surface area (Å²) in [6.07, 6.45) is 1.17. The van der Waals surface area contributed by atoms with Gasteiger partial charge in [0.1, 0.15) is 5.71 Å². The molecule has 0 saturated heterocycles. The van der Waals surface area contributed by atoms with E-state index in [0.717, 1.165) is 11.1 Å². The average molecular weight is 388 g/mol. The van der Waals surface area contributed by atoms with E-state index in [1.165, 1.54) is 9.91 Å². The smallest absolute Gasteiger partial charge is 0.270 e. The minimum absolute atomic E-state index is 0.0672. The van der Waals surface area contributed by atoms with Crippen molar-refractivity contribution in [3.63, 3.8) is 0 Å². The van der Waals surface area contributed by atoms with Crippen molar-refractivity contribution in [2.75, 3.05) is 38.9 Å². The van der Waals surface area contributed by atoms with Gasteiger partial charge in [-0.25, -0.2) is 5.01 Å². The topological polar surface area (TPSA) is 91.3 Å². The fourth-order valence-electron chi connectivity index (χ4n) is 2.85. The largest absolute Gasteiger partial charge is 0.385 e. The number of benzene rings is 1. The molecule has 1 N–H and O–H groups in total. The SMILES string of the molecule is COCCCNC(=O)CN(C)C(=O)C1=NN(c2cc(C)ccc2C)C(=O)CC1. The third kappa shape index (κ3) is 5.63. The van der Waals surface area contributed by atoms with E-state index >= 15 is 0 Å². The summed E-state index contributed by atoms with van der Waals surface area (Å²) >= 11 is 0. The molecule has 0 saturated carbocycles. The molecule has 1 aliphatic heterocycles. The van der Waals surface area contributed by atoms with Crippen molar-refractivity contribution in [2.45, 2.75) is 33.1 Å². The lowest BCUT2D eigenvalue weighted by Crippen LogP contribution is -2.44. The Hall–Kier alpha value is -2.74. The highest BCUT2D eigenvalue weighted by atomic mass is 16.5. The van der Waals surface area contributed by atoms with E-state index in [2.05, 4.69) is 10.4 Å². The molecule has 0 bridgehead atoms. The minimum atomic E-state index is -0.352. The molecule has 1 aromatic rings. The number of ether oxygens (including phenoxy) is 1.